The molecule has 3 aromatic rings. The lowest BCUT2D eigenvalue weighted by molar-refractivity contribution is -0.119. The van der Waals surface area contributed by atoms with Crippen LogP contribution in [0.4, 0.5) is 5.69 Å². The van der Waals surface area contributed by atoms with Gasteiger partial charge in [-0.3, -0.25) is 14.2 Å². The van der Waals surface area contributed by atoms with Crippen LogP contribution in [0, 0.1) is 6.92 Å². The van der Waals surface area contributed by atoms with Gasteiger partial charge in [0.1, 0.15) is 27.2 Å². The summed E-state index contributed by atoms with van der Waals surface area (Å²) < 4.78 is 17.1. The van der Waals surface area contributed by atoms with Gasteiger partial charge in [-0.1, -0.05) is 6.92 Å². The number of aryl methyl sites for hydroxylation is 1. The van der Waals surface area contributed by atoms with Gasteiger partial charge in [-0.05, 0) is 44.9 Å². The first kappa shape index (κ1) is 24.2. The second kappa shape index (κ2) is 10.0. The van der Waals surface area contributed by atoms with E-state index in [-0.39, 0.29) is 6.10 Å². The zero-order valence-electron chi connectivity index (χ0n) is 19.4. The number of nitrogens with one attached hydrogen (secondary N) is 1. The number of carbonyl (C=O) groups excluding carboxylic acids is 2. The number of fused-ring (bicyclic) bond motifs is 1. The van der Waals surface area contributed by atoms with E-state index in [2.05, 4.69) is 10.3 Å². The summed E-state index contributed by atoms with van der Waals surface area (Å²) >= 11 is 1.11. The molecule has 0 radical (unpaired) electrons. The SMILES string of the molecule is CCC(C(=O)Nc1cc(OC)ccc1OC)n1cnc2sc(C(=O)OC(C)C)c(C)c2c1=O. The average Bonchev–Trinajstić information content (AvgIpc) is 3.12. The van der Waals surface area contributed by atoms with Crippen molar-refractivity contribution in [2.75, 3.05) is 19.5 Å². The summed E-state index contributed by atoms with van der Waals surface area (Å²) in [4.78, 5) is 44.0. The molecule has 1 amide bonds. The van der Waals surface area contributed by atoms with E-state index in [1.165, 1.54) is 25.1 Å². The van der Waals surface area contributed by atoms with Crippen molar-refractivity contribution in [3.05, 3.63) is 45.3 Å². The van der Waals surface area contributed by atoms with Crippen molar-refractivity contribution in [3.63, 3.8) is 0 Å². The fourth-order valence-electron chi connectivity index (χ4n) is 3.46. The lowest BCUT2D eigenvalue weighted by Gasteiger charge is -2.19. The molecule has 0 spiro atoms. The van der Waals surface area contributed by atoms with Crippen molar-refractivity contribution in [1.82, 2.24) is 9.55 Å². The maximum Gasteiger partial charge on any atom is 0.348 e. The Morgan fingerprint density at radius 1 is 1.21 bits per heavy atom. The Kier molecular flexibility index (Phi) is 7.37. The van der Waals surface area contributed by atoms with Gasteiger partial charge in [0.2, 0.25) is 5.91 Å². The molecular formula is C23H27N3O6S. The van der Waals surface area contributed by atoms with E-state index >= 15 is 0 Å². The fraction of sp³-hybridized carbons (Fsp3) is 0.391. The summed E-state index contributed by atoms with van der Waals surface area (Å²) in [6, 6.07) is 4.22. The predicted molar refractivity (Wildman–Crippen MR) is 127 cm³/mol. The molecule has 3 rings (SSSR count). The van der Waals surface area contributed by atoms with E-state index in [1.807, 2.05) is 0 Å². The number of thiophene rings is 1. The molecule has 0 saturated carbocycles. The quantitative estimate of drug-likeness (QED) is 0.494. The van der Waals surface area contributed by atoms with Crippen LogP contribution in [0.1, 0.15) is 48.5 Å². The molecule has 2 heterocycles. The maximum atomic E-state index is 13.3. The van der Waals surface area contributed by atoms with Crippen LogP contribution in [0.15, 0.2) is 29.3 Å². The molecule has 2 aromatic heterocycles. The lowest BCUT2D eigenvalue weighted by atomic mass is 10.1. The molecule has 0 fully saturated rings. The van der Waals surface area contributed by atoms with Gasteiger partial charge >= 0.3 is 5.97 Å². The number of rotatable bonds is 8. The van der Waals surface area contributed by atoms with Crippen LogP contribution in [0.5, 0.6) is 11.5 Å². The highest BCUT2D eigenvalue weighted by atomic mass is 32.1. The minimum atomic E-state index is -0.823. The Morgan fingerprint density at radius 3 is 2.55 bits per heavy atom. The lowest BCUT2D eigenvalue weighted by Crippen LogP contribution is -2.33. The van der Waals surface area contributed by atoms with Crippen LogP contribution >= 0.6 is 11.3 Å². The van der Waals surface area contributed by atoms with Crippen LogP contribution in [0.3, 0.4) is 0 Å². The van der Waals surface area contributed by atoms with Crippen LogP contribution in [-0.4, -0.2) is 41.8 Å². The summed E-state index contributed by atoms with van der Waals surface area (Å²) in [7, 11) is 3.02. The van der Waals surface area contributed by atoms with E-state index in [1.54, 1.807) is 45.9 Å². The zero-order chi connectivity index (χ0) is 24.3. The number of esters is 1. The van der Waals surface area contributed by atoms with Crippen LogP contribution < -0.4 is 20.3 Å². The molecule has 1 unspecified atom stereocenters. The Bertz CT molecular complexity index is 1250. The van der Waals surface area contributed by atoms with Crippen molar-refractivity contribution in [3.8, 4) is 11.5 Å². The maximum absolute atomic E-state index is 13.3. The van der Waals surface area contributed by atoms with Crippen LogP contribution in [0.25, 0.3) is 10.2 Å². The van der Waals surface area contributed by atoms with Gasteiger partial charge in [-0.25, -0.2) is 9.78 Å². The second-order valence-electron chi connectivity index (χ2n) is 7.63. The largest absolute Gasteiger partial charge is 0.497 e. The van der Waals surface area contributed by atoms with E-state index in [0.717, 1.165) is 11.3 Å². The molecule has 0 saturated heterocycles. The van der Waals surface area contributed by atoms with E-state index < -0.39 is 23.5 Å². The summed E-state index contributed by atoms with van der Waals surface area (Å²) in [6.07, 6.45) is 1.40. The van der Waals surface area contributed by atoms with Gasteiger partial charge in [0.15, 0.2) is 0 Å². The molecule has 33 heavy (non-hydrogen) atoms. The summed E-state index contributed by atoms with van der Waals surface area (Å²) in [6.45, 7) is 7.00. The molecule has 1 aromatic carbocycles. The molecule has 0 aliphatic carbocycles. The van der Waals surface area contributed by atoms with Crippen molar-refractivity contribution in [1.29, 1.82) is 0 Å². The monoisotopic (exact) mass is 473 g/mol. The molecule has 0 bridgehead atoms. The van der Waals surface area contributed by atoms with Gasteiger partial charge in [0.05, 0.1) is 37.7 Å². The Balaban J connectivity index is 1.99. The number of nitrogens with zero attached hydrogens (tertiary/aromatic N) is 2. The summed E-state index contributed by atoms with van der Waals surface area (Å²) in [5.74, 6) is 0.113. The van der Waals surface area contributed by atoms with E-state index in [4.69, 9.17) is 14.2 Å². The first-order valence-corrected chi connectivity index (χ1v) is 11.3. The highest BCUT2D eigenvalue weighted by Crippen LogP contribution is 2.31. The van der Waals surface area contributed by atoms with Gasteiger partial charge in [0, 0.05) is 6.07 Å². The highest BCUT2D eigenvalue weighted by Gasteiger charge is 2.26. The third-order valence-electron chi connectivity index (χ3n) is 5.09. The number of aromatic nitrogens is 2. The van der Waals surface area contributed by atoms with Crippen molar-refractivity contribution in [2.24, 2.45) is 0 Å². The van der Waals surface area contributed by atoms with Crippen LogP contribution in [0.2, 0.25) is 0 Å². The van der Waals surface area contributed by atoms with E-state index in [0.29, 0.717) is 44.3 Å². The minimum absolute atomic E-state index is 0.284. The smallest absolute Gasteiger partial charge is 0.348 e. The summed E-state index contributed by atoms with van der Waals surface area (Å²) in [5, 5.41) is 3.13. The van der Waals surface area contributed by atoms with Crippen molar-refractivity contribution >= 4 is 39.1 Å². The minimum Gasteiger partial charge on any atom is -0.497 e. The molecule has 176 valence electrons. The first-order chi connectivity index (χ1) is 15.7. The van der Waals surface area contributed by atoms with E-state index in [9.17, 15) is 14.4 Å². The number of hydrogen-bond donors (Lipinski definition) is 1. The van der Waals surface area contributed by atoms with Gasteiger partial charge in [0.25, 0.3) is 5.56 Å². The highest BCUT2D eigenvalue weighted by molar-refractivity contribution is 7.20. The van der Waals surface area contributed by atoms with Crippen molar-refractivity contribution in [2.45, 2.75) is 46.3 Å². The third kappa shape index (κ3) is 4.85. The topological polar surface area (TPSA) is 109 Å². The predicted octanol–water partition coefficient (Wildman–Crippen LogP) is 3.94. The molecule has 1 N–H and O–H groups in total. The first-order valence-electron chi connectivity index (χ1n) is 10.5. The molecule has 0 aliphatic heterocycles. The third-order valence-corrected chi connectivity index (χ3v) is 6.27. The summed E-state index contributed by atoms with van der Waals surface area (Å²) in [5.41, 5.74) is 0.530. The van der Waals surface area contributed by atoms with Gasteiger partial charge in [-0.2, -0.15) is 0 Å². The molecular weight excluding hydrogens is 446 g/mol. The number of anilines is 1. The Morgan fingerprint density at radius 2 is 1.94 bits per heavy atom. The molecule has 10 heteroatoms. The second-order valence-corrected chi connectivity index (χ2v) is 8.63. The molecule has 0 aliphatic rings. The standard InChI is InChI=1S/C23H27N3O6S/c1-7-16(20(27)25-15-10-14(30-5)8-9-17(15)31-6)26-11-24-21-18(22(26)28)13(4)19(33-21)23(29)32-12(2)3/h8-12,16H,7H2,1-6H3,(H,25,27). The zero-order valence-corrected chi connectivity index (χ0v) is 20.2. The number of benzene rings is 1. The number of methoxy groups -OCH3 is 2. The van der Waals surface area contributed by atoms with Crippen molar-refractivity contribution < 1.29 is 23.8 Å². The Hall–Kier alpha value is -3.40. The number of ether oxygens (including phenoxy) is 3. The number of carbonyl (C=O) groups is 2. The number of hydrogen-bond acceptors (Lipinski definition) is 8. The van der Waals surface area contributed by atoms with Gasteiger partial charge in [-0.15, -0.1) is 11.3 Å². The molecule has 9 nitrogen and oxygen atoms in total. The van der Waals surface area contributed by atoms with Gasteiger partial charge < -0.3 is 19.5 Å². The fourth-order valence-corrected chi connectivity index (χ4v) is 4.48. The normalized spacial score (nSPS) is 12.0. The van der Waals surface area contributed by atoms with Crippen LogP contribution in [-0.2, 0) is 9.53 Å². The number of amides is 1. The molecule has 1 atom stereocenters. The average molecular weight is 474 g/mol. The Labute approximate surface area is 195 Å².